The normalized spacial score (nSPS) is 16.5. The zero-order valence-corrected chi connectivity index (χ0v) is 17.8. The number of likely N-dealkylation sites (tertiary alicyclic amines) is 1. The molecule has 0 aromatic heterocycles. The minimum Gasteiger partial charge on any atom is -0.357 e. The molecule has 0 aliphatic carbocycles. The van der Waals surface area contributed by atoms with E-state index in [9.17, 15) is 0 Å². The summed E-state index contributed by atoms with van der Waals surface area (Å²) in [6.07, 6.45) is 3.83. The summed E-state index contributed by atoms with van der Waals surface area (Å²) >= 11 is 6.19. The number of nitrogens with zero attached hydrogens (tertiary/aromatic N) is 2. The van der Waals surface area contributed by atoms with Gasteiger partial charge < -0.3 is 15.5 Å². The van der Waals surface area contributed by atoms with Crippen LogP contribution in [-0.4, -0.2) is 44.1 Å². The Morgan fingerprint density at radius 1 is 1.25 bits per heavy atom. The lowest BCUT2D eigenvalue weighted by Gasteiger charge is -2.29. The number of nitrogens with one attached hydrogen (secondary N) is 2. The fourth-order valence-electron chi connectivity index (χ4n) is 2.88. The lowest BCUT2D eigenvalue weighted by molar-refractivity contribution is 0.213. The molecule has 24 heavy (non-hydrogen) atoms. The molecule has 0 radical (unpaired) electrons. The predicted octanol–water partition coefficient (Wildman–Crippen LogP) is 3.75. The third-order valence-corrected chi connectivity index (χ3v) is 4.76. The van der Waals surface area contributed by atoms with E-state index in [1.54, 1.807) is 0 Å². The minimum absolute atomic E-state index is 0. The molecule has 4 nitrogen and oxygen atoms in total. The van der Waals surface area contributed by atoms with Crippen molar-refractivity contribution in [2.45, 2.75) is 32.7 Å². The molecule has 0 amide bonds. The van der Waals surface area contributed by atoms with Gasteiger partial charge in [-0.2, -0.15) is 0 Å². The highest BCUT2D eigenvalue weighted by molar-refractivity contribution is 14.0. The molecule has 136 valence electrons. The van der Waals surface area contributed by atoms with Gasteiger partial charge in [-0.05, 0) is 63.9 Å². The highest BCUT2D eigenvalue weighted by Crippen LogP contribution is 2.18. The number of rotatable bonds is 6. The summed E-state index contributed by atoms with van der Waals surface area (Å²) < 4.78 is 0. The zero-order valence-electron chi connectivity index (χ0n) is 14.7. The molecule has 1 aromatic carbocycles. The molecule has 1 fully saturated rings. The first-order valence-corrected chi connectivity index (χ1v) is 9.01. The maximum Gasteiger partial charge on any atom is 0.191 e. The van der Waals surface area contributed by atoms with Gasteiger partial charge in [0.25, 0.3) is 0 Å². The van der Waals surface area contributed by atoms with Gasteiger partial charge >= 0.3 is 0 Å². The topological polar surface area (TPSA) is 39.7 Å². The highest BCUT2D eigenvalue weighted by Gasteiger charge is 2.16. The van der Waals surface area contributed by atoms with E-state index in [0.717, 1.165) is 35.6 Å². The molecule has 6 heteroatoms. The molecule has 1 saturated heterocycles. The Morgan fingerprint density at radius 2 is 1.96 bits per heavy atom. The molecule has 0 saturated carbocycles. The van der Waals surface area contributed by atoms with Crippen molar-refractivity contribution in [1.29, 1.82) is 0 Å². The van der Waals surface area contributed by atoms with Gasteiger partial charge in [-0.3, -0.25) is 0 Å². The van der Waals surface area contributed by atoms with Crippen LogP contribution in [0.15, 0.2) is 29.3 Å². The summed E-state index contributed by atoms with van der Waals surface area (Å²) in [6.45, 7) is 6.98. The van der Waals surface area contributed by atoms with Gasteiger partial charge in [0, 0.05) is 18.1 Å². The van der Waals surface area contributed by atoms with E-state index >= 15 is 0 Å². The third-order valence-electron chi connectivity index (χ3n) is 4.39. The minimum atomic E-state index is 0. The van der Waals surface area contributed by atoms with Crippen LogP contribution in [0.25, 0.3) is 0 Å². The number of aliphatic imine (C=N–C) groups is 1. The Labute approximate surface area is 168 Å². The largest absolute Gasteiger partial charge is 0.357 e. The summed E-state index contributed by atoms with van der Waals surface area (Å²) in [7, 11) is 2.21. The van der Waals surface area contributed by atoms with Crippen LogP contribution < -0.4 is 10.6 Å². The molecule has 0 bridgehead atoms. The first-order chi connectivity index (χ1) is 11.2. The number of hydrogen-bond acceptors (Lipinski definition) is 2. The lowest BCUT2D eigenvalue weighted by Crippen LogP contribution is -2.39. The Bertz CT molecular complexity index is 502. The SMILES string of the molecule is CCNC(=NCc1ccccc1Cl)NCCC1CCN(C)CC1.I. The van der Waals surface area contributed by atoms with Gasteiger partial charge in [-0.1, -0.05) is 29.8 Å². The molecule has 1 aromatic rings. The van der Waals surface area contributed by atoms with E-state index < -0.39 is 0 Å². The van der Waals surface area contributed by atoms with E-state index in [1.807, 2.05) is 24.3 Å². The van der Waals surface area contributed by atoms with E-state index in [-0.39, 0.29) is 24.0 Å². The second-order valence-electron chi connectivity index (χ2n) is 6.25. The summed E-state index contributed by atoms with van der Waals surface area (Å²) in [6, 6.07) is 7.87. The van der Waals surface area contributed by atoms with Crippen LogP contribution in [0.1, 0.15) is 31.7 Å². The van der Waals surface area contributed by atoms with Gasteiger partial charge in [0.15, 0.2) is 5.96 Å². The van der Waals surface area contributed by atoms with Crippen LogP contribution in [0.4, 0.5) is 0 Å². The Morgan fingerprint density at radius 3 is 2.62 bits per heavy atom. The number of piperidine rings is 1. The summed E-state index contributed by atoms with van der Waals surface area (Å²) in [5.74, 6) is 1.71. The van der Waals surface area contributed by atoms with Crippen molar-refractivity contribution in [3.05, 3.63) is 34.9 Å². The van der Waals surface area contributed by atoms with Crippen molar-refractivity contribution in [3.8, 4) is 0 Å². The molecular formula is C18H30ClIN4. The number of benzene rings is 1. The van der Waals surface area contributed by atoms with Crippen LogP contribution in [0.2, 0.25) is 5.02 Å². The number of halogens is 2. The van der Waals surface area contributed by atoms with Crippen molar-refractivity contribution < 1.29 is 0 Å². The van der Waals surface area contributed by atoms with Crippen LogP contribution >= 0.6 is 35.6 Å². The fourth-order valence-corrected chi connectivity index (χ4v) is 3.07. The molecule has 0 atom stereocenters. The average Bonchev–Trinajstić information content (AvgIpc) is 2.56. The van der Waals surface area contributed by atoms with Crippen molar-refractivity contribution in [2.24, 2.45) is 10.9 Å². The monoisotopic (exact) mass is 464 g/mol. The summed E-state index contributed by atoms with van der Waals surface area (Å²) in [5.41, 5.74) is 1.06. The lowest BCUT2D eigenvalue weighted by atomic mass is 9.94. The van der Waals surface area contributed by atoms with E-state index in [0.29, 0.717) is 6.54 Å². The van der Waals surface area contributed by atoms with Gasteiger partial charge in [-0.15, -0.1) is 24.0 Å². The van der Waals surface area contributed by atoms with Gasteiger partial charge in [0.1, 0.15) is 0 Å². The predicted molar refractivity (Wildman–Crippen MR) is 115 cm³/mol. The molecular weight excluding hydrogens is 435 g/mol. The van der Waals surface area contributed by atoms with Gasteiger partial charge in [0.2, 0.25) is 0 Å². The first-order valence-electron chi connectivity index (χ1n) is 8.63. The number of hydrogen-bond donors (Lipinski definition) is 2. The van der Waals surface area contributed by atoms with Gasteiger partial charge in [0.05, 0.1) is 6.54 Å². The summed E-state index contributed by atoms with van der Waals surface area (Å²) in [4.78, 5) is 7.06. The standard InChI is InChI=1S/C18H29ClN4.HI/c1-3-20-18(22-14-16-6-4-5-7-17(16)19)21-11-8-15-9-12-23(2)13-10-15;/h4-7,15H,3,8-14H2,1-2H3,(H2,20,21,22);1H. The van der Waals surface area contributed by atoms with Crippen LogP contribution in [0, 0.1) is 5.92 Å². The van der Waals surface area contributed by atoms with E-state index in [4.69, 9.17) is 11.6 Å². The molecule has 0 unspecified atom stereocenters. The second kappa shape index (κ2) is 11.9. The van der Waals surface area contributed by atoms with Crippen molar-refractivity contribution in [3.63, 3.8) is 0 Å². The number of guanidine groups is 1. The molecule has 1 heterocycles. The Kier molecular flexibility index (Phi) is 10.7. The molecule has 2 rings (SSSR count). The Hall–Kier alpha value is -0.530. The average molecular weight is 465 g/mol. The molecule has 2 N–H and O–H groups in total. The van der Waals surface area contributed by atoms with Crippen molar-refractivity contribution in [2.75, 3.05) is 33.2 Å². The molecule has 1 aliphatic rings. The zero-order chi connectivity index (χ0) is 16.5. The van der Waals surface area contributed by atoms with E-state index in [2.05, 4.69) is 34.5 Å². The maximum atomic E-state index is 6.19. The molecule has 0 spiro atoms. The Balaban J connectivity index is 0.00000288. The smallest absolute Gasteiger partial charge is 0.191 e. The fraction of sp³-hybridized carbons (Fsp3) is 0.611. The van der Waals surface area contributed by atoms with Crippen LogP contribution in [0.3, 0.4) is 0 Å². The van der Waals surface area contributed by atoms with Crippen LogP contribution in [-0.2, 0) is 6.54 Å². The van der Waals surface area contributed by atoms with Gasteiger partial charge in [-0.25, -0.2) is 4.99 Å². The summed E-state index contributed by atoms with van der Waals surface area (Å²) in [5, 5.41) is 7.53. The van der Waals surface area contributed by atoms with E-state index in [1.165, 1.54) is 32.4 Å². The maximum absolute atomic E-state index is 6.19. The quantitative estimate of drug-likeness (QED) is 0.383. The van der Waals surface area contributed by atoms with Crippen molar-refractivity contribution >= 4 is 41.5 Å². The van der Waals surface area contributed by atoms with Crippen LogP contribution in [0.5, 0.6) is 0 Å². The third kappa shape index (κ3) is 7.57. The second-order valence-corrected chi connectivity index (χ2v) is 6.66. The highest BCUT2D eigenvalue weighted by atomic mass is 127. The molecule has 1 aliphatic heterocycles. The first kappa shape index (κ1) is 21.5. The van der Waals surface area contributed by atoms with Crippen molar-refractivity contribution in [1.82, 2.24) is 15.5 Å².